The van der Waals surface area contributed by atoms with Crippen LogP contribution in [-0.4, -0.2) is 28.7 Å². The summed E-state index contributed by atoms with van der Waals surface area (Å²) in [5.74, 6) is -0.792. The van der Waals surface area contributed by atoms with Crippen LogP contribution in [0.3, 0.4) is 0 Å². The van der Waals surface area contributed by atoms with Crippen molar-refractivity contribution >= 4 is 29.1 Å². The minimum absolute atomic E-state index is 0.0875. The first-order valence-electron chi connectivity index (χ1n) is 11.0. The van der Waals surface area contributed by atoms with Crippen LogP contribution in [0.1, 0.15) is 54.8 Å². The zero-order valence-electron chi connectivity index (χ0n) is 18.4. The van der Waals surface area contributed by atoms with Crippen LogP contribution in [0.2, 0.25) is 0 Å². The van der Waals surface area contributed by atoms with Gasteiger partial charge in [0.15, 0.2) is 5.76 Å². The molecule has 4 rings (SSSR count). The first kappa shape index (κ1) is 22.3. The Morgan fingerprint density at radius 1 is 1.03 bits per heavy atom. The molecular formula is C25H26N4O4. The molecule has 3 amide bonds. The van der Waals surface area contributed by atoms with Gasteiger partial charge in [-0.1, -0.05) is 12.8 Å². The lowest BCUT2D eigenvalue weighted by Gasteiger charge is -2.31. The minimum Gasteiger partial charge on any atom is -0.459 e. The summed E-state index contributed by atoms with van der Waals surface area (Å²) >= 11 is 0. The maximum atomic E-state index is 13.6. The molecule has 1 aromatic carbocycles. The van der Waals surface area contributed by atoms with E-state index in [1.807, 2.05) is 0 Å². The molecule has 0 aliphatic heterocycles. The number of anilines is 2. The van der Waals surface area contributed by atoms with Gasteiger partial charge in [-0.3, -0.25) is 24.3 Å². The molecule has 33 heavy (non-hydrogen) atoms. The van der Waals surface area contributed by atoms with E-state index in [1.54, 1.807) is 60.9 Å². The number of pyridine rings is 1. The summed E-state index contributed by atoms with van der Waals surface area (Å²) in [5.41, 5.74) is 1.72. The number of benzene rings is 1. The van der Waals surface area contributed by atoms with Gasteiger partial charge in [0.25, 0.3) is 5.91 Å². The van der Waals surface area contributed by atoms with Crippen LogP contribution >= 0.6 is 0 Å². The second kappa shape index (κ2) is 10.1. The molecule has 0 radical (unpaired) electrons. The molecule has 0 spiro atoms. The fraction of sp³-hybridized carbons (Fsp3) is 0.280. The van der Waals surface area contributed by atoms with E-state index in [0.717, 1.165) is 25.7 Å². The average molecular weight is 447 g/mol. The maximum absolute atomic E-state index is 13.6. The molecular weight excluding hydrogens is 420 g/mol. The van der Waals surface area contributed by atoms with Crippen molar-refractivity contribution in [2.24, 2.45) is 0 Å². The Bertz CT molecular complexity index is 1090. The van der Waals surface area contributed by atoms with E-state index in [-0.39, 0.29) is 23.6 Å². The van der Waals surface area contributed by atoms with E-state index < -0.39 is 11.9 Å². The van der Waals surface area contributed by atoms with E-state index in [0.29, 0.717) is 16.9 Å². The summed E-state index contributed by atoms with van der Waals surface area (Å²) < 4.78 is 5.38. The molecule has 1 atom stereocenters. The van der Waals surface area contributed by atoms with Crippen molar-refractivity contribution in [3.63, 3.8) is 0 Å². The van der Waals surface area contributed by atoms with Gasteiger partial charge in [-0.2, -0.15) is 0 Å². The molecule has 170 valence electrons. The molecule has 1 aliphatic carbocycles. The van der Waals surface area contributed by atoms with E-state index in [2.05, 4.69) is 15.6 Å². The third kappa shape index (κ3) is 5.28. The zero-order valence-corrected chi connectivity index (χ0v) is 18.4. The van der Waals surface area contributed by atoms with Crippen molar-refractivity contribution in [1.82, 2.24) is 10.3 Å². The fourth-order valence-corrected chi connectivity index (χ4v) is 4.12. The van der Waals surface area contributed by atoms with Crippen molar-refractivity contribution in [1.29, 1.82) is 0 Å². The number of nitrogens with one attached hydrogen (secondary N) is 2. The first-order chi connectivity index (χ1) is 16.0. The summed E-state index contributed by atoms with van der Waals surface area (Å²) in [6, 6.07) is 12.6. The molecule has 0 saturated heterocycles. The zero-order chi connectivity index (χ0) is 23.2. The highest BCUT2D eigenvalue weighted by molar-refractivity contribution is 6.08. The van der Waals surface area contributed by atoms with Gasteiger partial charge in [0.05, 0.1) is 6.26 Å². The average Bonchev–Trinajstić information content (AvgIpc) is 3.52. The molecule has 2 N–H and O–H groups in total. The molecule has 3 aromatic rings. The van der Waals surface area contributed by atoms with Gasteiger partial charge in [0.1, 0.15) is 6.04 Å². The van der Waals surface area contributed by atoms with E-state index in [1.165, 1.54) is 18.1 Å². The number of furan rings is 1. The Morgan fingerprint density at radius 3 is 2.33 bits per heavy atom. The normalized spacial score (nSPS) is 14.5. The largest absolute Gasteiger partial charge is 0.459 e. The summed E-state index contributed by atoms with van der Waals surface area (Å²) in [7, 11) is 0. The molecule has 1 saturated carbocycles. The van der Waals surface area contributed by atoms with E-state index >= 15 is 0 Å². The minimum atomic E-state index is -0.933. The molecule has 0 unspecified atom stereocenters. The van der Waals surface area contributed by atoms with Crippen LogP contribution in [-0.2, 0) is 9.59 Å². The summed E-state index contributed by atoms with van der Waals surface area (Å²) in [6.07, 6.45) is 8.61. The second-order valence-electron chi connectivity index (χ2n) is 8.05. The van der Waals surface area contributed by atoms with Crippen molar-refractivity contribution in [2.45, 2.75) is 44.7 Å². The summed E-state index contributed by atoms with van der Waals surface area (Å²) in [6.45, 7) is 1.42. The van der Waals surface area contributed by atoms with Gasteiger partial charge in [0.2, 0.25) is 11.8 Å². The highest BCUT2D eigenvalue weighted by atomic mass is 16.3. The predicted molar refractivity (Wildman–Crippen MR) is 124 cm³/mol. The highest BCUT2D eigenvalue weighted by Crippen LogP contribution is 2.31. The molecule has 1 aliphatic rings. The Labute approximate surface area is 192 Å². The van der Waals surface area contributed by atoms with Crippen LogP contribution in [0.4, 0.5) is 11.4 Å². The van der Waals surface area contributed by atoms with Crippen LogP contribution in [0, 0.1) is 0 Å². The van der Waals surface area contributed by atoms with Gasteiger partial charge in [-0.15, -0.1) is 0 Å². The van der Waals surface area contributed by atoms with Crippen LogP contribution in [0.5, 0.6) is 0 Å². The van der Waals surface area contributed by atoms with Crippen LogP contribution in [0.25, 0.3) is 0 Å². The van der Waals surface area contributed by atoms with Crippen molar-refractivity contribution in [3.05, 3.63) is 78.5 Å². The van der Waals surface area contributed by atoms with E-state index in [4.69, 9.17) is 4.42 Å². The van der Waals surface area contributed by atoms with Gasteiger partial charge >= 0.3 is 0 Å². The lowest BCUT2D eigenvalue weighted by Crippen LogP contribution is -2.46. The SMILES string of the molecule is CC(=O)Nc1ccc(N(C(=O)c2ccco2)[C@@H](C(=O)NC2CCCC2)c2ccncc2)cc1. The van der Waals surface area contributed by atoms with Crippen molar-refractivity contribution in [3.8, 4) is 0 Å². The second-order valence-corrected chi connectivity index (χ2v) is 8.05. The number of carbonyl (C=O) groups excluding carboxylic acids is 3. The van der Waals surface area contributed by atoms with Crippen molar-refractivity contribution in [2.75, 3.05) is 10.2 Å². The van der Waals surface area contributed by atoms with Gasteiger partial charge in [-0.25, -0.2) is 0 Å². The predicted octanol–water partition coefficient (Wildman–Crippen LogP) is 4.08. The smallest absolute Gasteiger partial charge is 0.294 e. The number of nitrogens with zero attached hydrogens (tertiary/aromatic N) is 2. The molecule has 2 heterocycles. The number of hydrogen-bond donors (Lipinski definition) is 2. The lowest BCUT2D eigenvalue weighted by molar-refractivity contribution is -0.123. The van der Waals surface area contributed by atoms with Gasteiger partial charge in [-0.05, 0) is 66.9 Å². The number of hydrogen-bond acceptors (Lipinski definition) is 5. The highest BCUT2D eigenvalue weighted by Gasteiger charge is 2.35. The van der Waals surface area contributed by atoms with Crippen molar-refractivity contribution < 1.29 is 18.8 Å². The molecule has 0 bridgehead atoms. The molecule has 8 nitrogen and oxygen atoms in total. The first-order valence-corrected chi connectivity index (χ1v) is 11.0. The number of carbonyl (C=O) groups is 3. The van der Waals surface area contributed by atoms with E-state index in [9.17, 15) is 14.4 Å². The third-order valence-electron chi connectivity index (χ3n) is 5.65. The fourth-order valence-electron chi connectivity index (χ4n) is 4.12. The molecule has 8 heteroatoms. The number of rotatable bonds is 7. The standard InChI is InChI=1S/C25H26N4O4/c1-17(30)27-20-8-10-21(11-9-20)29(25(32)22-7-4-16-33-22)23(18-12-14-26-15-13-18)24(31)28-19-5-2-3-6-19/h4,7-16,19,23H,2-3,5-6H2,1H3,(H,27,30)(H,28,31)/t23-/m1/s1. The van der Waals surface area contributed by atoms with Gasteiger partial charge < -0.3 is 15.1 Å². The summed E-state index contributed by atoms with van der Waals surface area (Å²) in [4.78, 5) is 44.1. The Hall–Kier alpha value is -3.94. The maximum Gasteiger partial charge on any atom is 0.294 e. The molecule has 1 fully saturated rings. The lowest BCUT2D eigenvalue weighted by atomic mass is 10.0. The quantitative estimate of drug-likeness (QED) is 0.569. The summed E-state index contributed by atoms with van der Waals surface area (Å²) in [5, 5.41) is 5.84. The number of amides is 3. The Morgan fingerprint density at radius 2 is 1.73 bits per heavy atom. The number of aromatic nitrogens is 1. The third-order valence-corrected chi connectivity index (χ3v) is 5.65. The van der Waals surface area contributed by atoms with Crippen LogP contribution < -0.4 is 15.5 Å². The molecule has 2 aromatic heterocycles. The monoisotopic (exact) mass is 446 g/mol. The van der Waals surface area contributed by atoms with Crippen LogP contribution in [0.15, 0.2) is 71.6 Å². The Kier molecular flexibility index (Phi) is 6.83. The van der Waals surface area contributed by atoms with Gasteiger partial charge in [0, 0.05) is 36.7 Å². The Balaban J connectivity index is 1.76. The topological polar surface area (TPSA) is 105 Å².